The van der Waals surface area contributed by atoms with Gasteiger partial charge in [-0.3, -0.25) is 0 Å². The second kappa shape index (κ2) is 9.27. The van der Waals surface area contributed by atoms with E-state index in [-0.39, 0.29) is 24.3 Å². The highest BCUT2D eigenvalue weighted by molar-refractivity contribution is 5.79. The van der Waals surface area contributed by atoms with Gasteiger partial charge < -0.3 is 25.2 Å². The maximum atomic E-state index is 12.5. The summed E-state index contributed by atoms with van der Waals surface area (Å²) in [5.41, 5.74) is 1.05. The molecule has 0 amide bonds. The van der Waals surface area contributed by atoms with Gasteiger partial charge in [-0.25, -0.2) is 4.99 Å². The summed E-state index contributed by atoms with van der Waals surface area (Å²) in [5, 5.41) is 15.7. The van der Waals surface area contributed by atoms with Gasteiger partial charge in [0.1, 0.15) is 5.75 Å². The molecule has 1 saturated heterocycles. The summed E-state index contributed by atoms with van der Waals surface area (Å²) in [6.45, 7) is 4.58. The molecule has 0 bridgehead atoms. The molecule has 2 rings (SSSR count). The second-order valence-corrected chi connectivity index (χ2v) is 6.71. The van der Waals surface area contributed by atoms with E-state index in [0.29, 0.717) is 37.8 Å². The average Bonchev–Trinajstić information content (AvgIpc) is 2.57. The van der Waals surface area contributed by atoms with Gasteiger partial charge in [0.25, 0.3) is 0 Å². The van der Waals surface area contributed by atoms with Crippen LogP contribution in [-0.2, 0) is 11.3 Å². The van der Waals surface area contributed by atoms with Gasteiger partial charge in [-0.1, -0.05) is 12.1 Å². The Morgan fingerprint density at radius 1 is 1.33 bits per heavy atom. The van der Waals surface area contributed by atoms with Crippen LogP contribution in [0.5, 0.6) is 5.75 Å². The van der Waals surface area contributed by atoms with E-state index >= 15 is 0 Å². The third-order valence-corrected chi connectivity index (χ3v) is 4.15. The lowest BCUT2D eigenvalue weighted by Gasteiger charge is -2.40. The van der Waals surface area contributed by atoms with E-state index in [2.05, 4.69) is 15.6 Å². The predicted octanol–water partition coefficient (Wildman–Crippen LogP) is 2.00. The van der Waals surface area contributed by atoms with Gasteiger partial charge in [0.05, 0.1) is 31.8 Å². The van der Waals surface area contributed by atoms with Gasteiger partial charge in [-0.15, -0.1) is 0 Å². The van der Waals surface area contributed by atoms with Crippen LogP contribution in [0, 0.1) is 12.3 Å². The molecule has 3 N–H and O–H groups in total. The van der Waals surface area contributed by atoms with Crippen molar-refractivity contribution in [3.05, 3.63) is 29.3 Å². The summed E-state index contributed by atoms with van der Waals surface area (Å²) >= 11 is 0. The van der Waals surface area contributed by atoms with Gasteiger partial charge in [-0.05, 0) is 25.5 Å². The Labute approximate surface area is 156 Å². The van der Waals surface area contributed by atoms with Gasteiger partial charge in [0, 0.05) is 18.7 Å². The smallest absolute Gasteiger partial charge is 0.422 e. The molecule has 1 aromatic carbocycles. The Morgan fingerprint density at radius 3 is 2.63 bits per heavy atom. The molecule has 0 saturated carbocycles. The molecular weight excluding hydrogens is 363 g/mol. The zero-order valence-corrected chi connectivity index (χ0v) is 15.5. The maximum absolute atomic E-state index is 12.5. The van der Waals surface area contributed by atoms with Crippen molar-refractivity contribution >= 4 is 5.96 Å². The molecule has 152 valence electrons. The van der Waals surface area contributed by atoms with Gasteiger partial charge in [-0.2, -0.15) is 13.2 Å². The molecular formula is C18H26F3N3O3. The zero-order valence-electron chi connectivity index (χ0n) is 15.5. The number of aliphatic hydroxyl groups excluding tert-OH is 1. The van der Waals surface area contributed by atoms with Crippen molar-refractivity contribution in [1.29, 1.82) is 0 Å². The molecule has 27 heavy (non-hydrogen) atoms. The largest absolute Gasteiger partial charge is 0.484 e. The lowest BCUT2D eigenvalue weighted by atomic mass is 9.87. The molecule has 6 nitrogen and oxygen atoms in total. The summed E-state index contributed by atoms with van der Waals surface area (Å²) in [7, 11) is 0. The van der Waals surface area contributed by atoms with Crippen molar-refractivity contribution < 1.29 is 27.8 Å². The van der Waals surface area contributed by atoms with E-state index in [0.717, 1.165) is 5.56 Å². The zero-order chi connectivity index (χ0) is 19.9. The number of aryl methyl sites for hydroxylation is 1. The number of hydrogen-bond acceptors (Lipinski definition) is 4. The maximum Gasteiger partial charge on any atom is 0.422 e. The number of rotatable bonds is 8. The second-order valence-electron chi connectivity index (χ2n) is 6.71. The third kappa shape index (κ3) is 6.59. The first-order valence-corrected chi connectivity index (χ1v) is 8.77. The number of nitrogens with zero attached hydrogens (tertiary/aromatic N) is 1. The van der Waals surface area contributed by atoms with Crippen LogP contribution in [0.15, 0.2) is 23.2 Å². The van der Waals surface area contributed by atoms with E-state index < -0.39 is 12.8 Å². The van der Waals surface area contributed by atoms with Gasteiger partial charge in [0.15, 0.2) is 12.6 Å². The Hall–Kier alpha value is -2.00. The highest BCUT2D eigenvalue weighted by atomic mass is 19.4. The van der Waals surface area contributed by atoms with Crippen LogP contribution in [0.1, 0.15) is 18.1 Å². The minimum atomic E-state index is -4.40. The highest BCUT2D eigenvalue weighted by Crippen LogP contribution is 2.26. The number of aliphatic hydroxyl groups is 1. The number of benzene rings is 1. The van der Waals surface area contributed by atoms with Crippen molar-refractivity contribution in [3.63, 3.8) is 0 Å². The van der Waals surface area contributed by atoms with Crippen molar-refractivity contribution in [1.82, 2.24) is 10.6 Å². The lowest BCUT2D eigenvalue weighted by Crippen LogP contribution is -2.54. The first-order valence-electron chi connectivity index (χ1n) is 8.77. The molecule has 0 aliphatic carbocycles. The molecule has 1 aliphatic rings. The Balaban J connectivity index is 2.05. The fraction of sp³-hybridized carbons (Fsp3) is 0.611. The first kappa shape index (κ1) is 21.3. The number of nitrogens with one attached hydrogen (secondary N) is 2. The molecule has 0 spiro atoms. The number of halogens is 3. The van der Waals surface area contributed by atoms with Crippen molar-refractivity contribution in [3.8, 4) is 5.75 Å². The van der Waals surface area contributed by atoms with Crippen LogP contribution in [0.3, 0.4) is 0 Å². The fourth-order valence-corrected chi connectivity index (χ4v) is 2.50. The molecule has 0 atom stereocenters. The minimum Gasteiger partial charge on any atom is -0.484 e. The molecule has 0 unspecified atom stereocenters. The molecule has 1 aliphatic heterocycles. The van der Waals surface area contributed by atoms with Crippen LogP contribution in [0.4, 0.5) is 13.2 Å². The quantitative estimate of drug-likeness (QED) is 0.468. The summed E-state index contributed by atoms with van der Waals surface area (Å²) in [6, 6.07) is 5.09. The monoisotopic (exact) mass is 389 g/mol. The van der Waals surface area contributed by atoms with E-state index in [1.165, 1.54) is 0 Å². The van der Waals surface area contributed by atoms with Crippen molar-refractivity contribution in [2.75, 3.05) is 39.5 Å². The molecule has 1 aromatic rings. The van der Waals surface area contributed by atoms with Crippen LogP contribution in [-0.4, -0.2) is 56.8 Å². The number of aliphatic imine (C=N–C) groups is 1. The van der Waals surface area contributed by atoms with Crippen LogP contribution < -0.4 is 15.4 Å². The molecule has 0 radical (unpaired) electrons. The normalized spacial score (nSPS) is 16.6. The molecule has 9 heteroatoms. The number of ether oxygens (including phenoxy) is 2. The third-order valence-electron chi connectivity index (χ3n) is 4.15. The number of guanidine groups is 1. The summed E-state index contributed by atoms with van der Waals surface area (Å²) in [6.07, 6.45) is -4.40. The first-order chi connectivity index (χ1) is 12.8. The van der Waals surface area contributed by atoms with E-state index in [4.69, 9.17) is 9.47 Å². The Morgan fingerprint density at radius 2 is 2.07 bits per heavy atom. The summed E-state index contributed by atoms with van der Waals surface area (Å²) < 4.78 is 47.5. The predicted molar refractivity (Wildman–Crippen MR) is 95.9 cm³/mol. The standard InChI is InChI=1S/C18H26F3N3O3/c1-3-22-16(24-8-17(9-25)10-26-11-17)23-7-14-5-4-13(2)6-15(14)27-12-18(19,20)21/h4-6,25H,3,7-12H2,1-2H3,(H2,22,23,24). The topological polar surface area (TPSA) is 75.1 Å². The molecule has 1 heterocycles. The SMILES string of the molecule is CCNC(=NCc1ccc(C)cc1OCC(F)(F)F)NCC1(CO)COC1. The van der Waals surface area contributed by atoms with E-state index in [9.17, 15) is 18.3 Å². The number of alkyl halides is 3. The fourth-order valence-electron chi connectivity index (χ4n) is 2.50. The molecule has 0 aromatic heterocycles. The highest BCUT2D eigenvalue weighted by Gasteiger charge is 2.38. The summed E-state index contributed by atoms with van der Waals surface area (Å²) in [5.74, 6) is 0.686. The number of hydrogen-bond donors (Lipinski definition) is 3. The Kier molecular flexibility index (Phi) is 7.32. The summed E-state index contributed by atoms with van der Waals surface area (Å²) in [4.78, 5) is 4.42. The average molecular weight is 389 g/mol. The van der Waals surface area contributed by atoms with Crippen molar-refractivity contribution in [2.24, 2.45) is 10.4 Å². The Bertz CT molecular complexity index is 641. The molecule has 1 fully saturated rings. The minimum absolute atomic E-state index is 0.00674. The lowest BCUT2D eigenvalue weighted by molar-refractivity contribution is -0.153. The van der Waals surface area contributed by atoms with E-state index in [1.54, 1.807) is 25.1 Å². The van der Waals surface area contributed by atoms with Crippen LogP contribution in [0.2, 0.25) is 0 Å². The van der Waals surface area contributed by atoms with E-state index in [1.807, 2.05) is 6.92 Å². The van der Waals surface area contributed by atoms with Crippen LogP contribution in [0.25, 0.3) is 0 Å². The van der Waals surface area contributed by atoms with Crippen molar-refractivity contribution in [2.45, 2.75) is 26.6 Å². The van der Waals surface area contributed by atoms with Gasteiger partial charge in [0.2, 0.25) is 0 Å². The van der Waals surface area contributed by atoms with Gasteiger partial charge >= 0.3 is 6.18 Å². The van der Waals surface area contributed by atoms with Crippen LogP contribution >= 0.6 is 0 Å².